The fraction of sp³-hybridized carbons (Fsp3) is 0.263. The third kappa shape index (κ3) is 5.46. The molecular formula is C19H19ClFNO4. The molecule has 0 aliphatic rings. The number of ether oxygens (including phenoxy) is 1. The van der Waals surface area contributed by atoms with Crippen LogP contribution in [0.25, 0.3) is 0 Å². The van der Waals surface area contributed by atoms with Gasteiger partial charge in [-0.05, 0) is 35.7 Å². The maximum Gasteiger partial charge on any atom is 0.308 e. The number of carbonyl (C=O) groups is 2. The van der Waals surface area contributed by atoms with E-state index in [9.17, 15) is 19.1 Å². The summed E-state index contributed by atoms with van der Waals surface area (Å²) in [6, 6.07) is 10.9. The van der Waals surface area contributed by atoms with Crippen molar-refractivity contribution in [2.45, 2.75) is 12.8 Å². The van der Waals surface area contributed by atoms with Crippen LogP contribution in [0.15, 0.2) is 42.5 Å². The molecule has 1 atom stereocenters. The van der Waals surface area contributed by atoms with Crippen LogP contribution in [-0.4, -0.2) is 30.6 Å². The topological polar surface area (TPSA) is 75.6 Å². The van der Waals surface area contributed by atoms with Crippen molar-refractivity contribution in [2.75, 3.05) is 13.7 Å². The number of amides is 1. The summed E-state index contributed by atoms with van der Waals surface area (Å²) in [7, 11) is 1.52. The molecule has 0 saturated heterocycles. The quantitative estimate of drug-likeness (QED) is 0.739. The van der Waals surface area contributed by atoms with Gasteiger partial charge in [-0.1, -0.05) is 35.9 Å². The summed E-state index contributed by atoms with van der Waals surface area (Å²) in [4.78, 5) is 23.6. The van der Waals surface area contributed by atoms with E-state index in [0.717, 1.165) is 11.6 Å². The van der Waals surface area contributed by atoms with E-state index in [1.54, 1.807) is 24.3 Å². The molecule has 1 amide bonds. The van der Waals surface area contributed by atoms with Gasteiger partial charge in [0.15, 0.2) is 0 Å². The number of hydrogen-bond donors (Lipinski definition) is 2. The van der Waals surface area contributed by atoms with Gasteiger partial charge >= 0.3 is 5.97 Å². The molecule has 2 aromatic carbocycles. The lowest BCUT2D eigenvalue weighted by Gasteiger charge is -2.15. The van der Waals surface area contributed by atoms with Crippen LogP contribution >= 0.6 is 11.6 Å². The van der Waals surface area contributed by atoms with Crippen molar-refractivity contribution in [1.29, 1.82) is 0 Å². The Kier molecular flexibility index (Phi) is 6.97. The van der Waals surface area contributed by atoms with Crippen LogP contribution < -0.4 is 10.1 Å². The van der Waals surface area contributed by atoms with Gasteiger partial charge in [-0.25, -0.2) is 4.39 Å². The minimum atomic E-state index is -1.02. The van der Waals surface area contributed by atoms with Gasteiger partial charge in [-0.3, -0.25) is 9.59 Å². The number of rotatable bonds is 8. The monoisotopic (exact) mass is 379 g/mol. The molecule has 5 nitrogen and oxygen atoms in total. The molecule has 2 N–H and O–H groups in total. The van der Waals surface area contributed by atoms with Gasteiger partial charge in [0.25, 0.3) is 0 Å². The Morgan fingerprint density at radius 1 is 1.23 bits per heavy atom. The predicted molar refractivity (Wildman–Crippen MR) is 95.9 cm³/mol. The first-order valence-corrected chi connectivity index (χ1v) is 8.33. The lowest BCUT2D eigenvalue weighted by Crippen LogP contribution is -2.35. The molecule has 0 aliphatic heterocycles. The molecule has 1 unspecified atom stereocenters. The van der Waals surface area contributed by atoms with Gasteiger partial charge < -0.3 is 15.2 Å². The van der Waals surface area contributed by atoms with E-state index in [2.05, 4.69) is 5.32 Å². The van der Waals surface area contributed by atoms with E-state index in [-0.39, 0.29) is 30.3 Å². The second kappa shape index (κ2) is 9.20. The van der Waals surface area contributed by atoms with E-state index >= 15 is 0 Å². The van der Waals surface area contributed by atoms with Crippen molar-refractivity contribution in [3.63, 3.8) is 0 Å². The zero-order valence-corrected chi connectivity index (χ0v) is 14.9. The number of methoxy groups -OCH3 is 1. The largest absolute Gasteiger partial charge is 0.496 e. The lowest BCUT2D eigenvalue weighted by molar-refractivity contribution is -0.141. The molecule has 138 valence electrons. The number of para-hydroxylation sites is 1. The summed E-state index contributed by atoms with van der Waals surface area (Å²) in [6.45, 7) is -0.0367. The Balaban J connectivity index is 1.97. The maximum absolute atomic E-state index is 13.0. The maximum atomic E-state index is 13.0. The highest BCUT2D eigenvalue weighted by molar-refractivity contribution is 6.31. The zero-order valence-electron chi connectivity index (χ0n) is 14.2. The molecule has 2 rings (SSSR count). The normalized spacial score (nSPS) is 11.7. The third-order valence-corrected chi connectivity index (χ3v) is 4.27. The molecule has 0 saturated carbocycles. The molecule has 0 aliphatic carbocycles. The third-order valence-electron chi connectivity index (χ3n) is 3.92. The number of nitrogens with one attached hydrogen (secondary N) is 1. The molecule has 7 heteroatoms. The van der Waals surface area contributed by atoms with Crippen LogP contribution in [-0.2, 0) is 22.4 Å². The van der Waals surface area contributed by atoms with Gasteiger partial charge in [0.1, 0.15) is 11.6 Å². The highest BCUT2D eigenvalue weighted by Gasteiger charge is 2.21. The molecule has 0 heterocycles. The van der Waals surface area contributed by atoms with E-state index in [0.29, 0.717) is 11.3 Å². The number of carbonyl (C=O) groups excluding carboxylic acids is 1. The summed E-state index contributed by atoms with van der Waals surface area (Å²) in [6.07, 6.45) is 0.164. The first-order chi connectivity index (χ1) is 12.4. The highest BCUT2D eigenvalue weighted by Crippen LogP contribution is 2.21. The second-order valence-electron chi connectivity index (χ2n) is 5.77. The molecule has 0 fully saturated rings. The van der Waals surface area contributed by atoms with Crippen molar-refractivity contribution in [1.82, 2.24) is 5.32 Å². The van der Waals surface area contributed by atoms with Crippen LogP contribution in [0.2, 0.25) is 5.02 Å². The average Bonchev–Trinajstić information content (AvgIpc) is 2.61. The van der Waals surface area contributed by atoms with E-state index in [1.165, 1.54) is 19.2 Å². The highest BCUT2D eigenvalue weighted by atomic mass is 35.5. The minimum absolute atomic E-state index is 0.0367. The second-order valence-corrected chi connectivity index (χ2v) is 6.17. The number of carboxylic acid groups (broad SMARTS) is 1. The van der Waals surface area contributed by atoms with Crippen LogP contribution in [0.4, 0.5) is 4.39 Å². The van der Waals surface area contributed by atoms with E-state index in [1.807, 2.05) is 0 Å². The van der Waals surface area contributed by atoms with Gasteiger partial charge in [0, 0.05) is 11.6 Å². The smallest absolute Gasteiger partial charge is 0.308 e. The first-order valence-electron chi connectivity index (χ1n) is 7.96. The summed E-state index contributed by atoms with van der Waals surface area (Å²) in [5.41, 5.74) is 1.22. The van der Waals surface area contributed by atoms with Crippen molar-refractivity contribution in [3.05, 3.63) is 64.4 Å². The summed E-state index contributed by atoms with van der Waals surface area (Å²) in [5.74, 6) is -2.09. The molecule has 0 bridgehead atoms. The van der Waals surface area contributed by atoms with Crippen molar-refractivity contribution >= 4 is 23.5 Å². The number of benzene rings is 2. The van der Waals surface area contributed by atoms with Crippen molar-refractivity contribution in [2.24, 2.45) is 5.92 Å². The zero-order chi connectivity index (χ0) is 19.1. The Morgan fingerprint density at radius 2 is 1.96 bits per heavy atom. The van der Waals surface area contributed by atoms with Gasteiger partial charge in [-0.2, -0.15) is 0 Å². The number of hydrogen-bond acceptors (Lipinski definition) is 3. The average molecular weight is 380 g/mol. The standard InChI is InChI=1S/C19H19ClFNO4/c1-26-17-5-3-2-4-13(17)8-14(19(24)25)11-22-18(23)9-12-6-7-15(21)10-16(12)20/h2-7,10,14H,8-9,11H2,1H3,(H,22,23)(H,24,25). The van der Waals surface area contributed by atoms with Crippen LogP contribution in [0, 0.1) is 11.7 Å². The molecule has 0 aromatic heterocycles. The molecule has 0 radical (unpaired) electrons. The number of aliphatic carboxylic acids is 1. The van der Waals surface area contributed by atoms with Gasteiger partial charge in [0.05, 0.1) is 19.4 Å². The van der Waals surface area contributed by atoms with Crippen LogP contribution in [0.5, 0.6) is 5.75 Å². The summed E-state index contributed by atoms with van der Waals surface area (Å²) < 4.78 is 18.3. The Hall–Kier alpha value is -2.60. The Morgan fingerprint density at radius 3 is 2.62 bits per heavy atom. The minimum Gasteiger partial charge on any atom is -0.496 e. The molecule has 2 aromatic rings. The predicted octanol–water partition coefficient (Wildman–Crippen LogP) is 3.09. The first kappa shape index (κ1) is 19.7. The fourth-order valence-corrected chi connectivity index (χ4v) is 2.76. The lowest BCUT2D eigenvalue weighted by atomic mass is 9.98. The SMILES string of the molecule is COc1ccccc1CC(CNC(=O)Cc1ccc(F)cc1Cl)C(=O)O. The molecular weight excluding hydrogens is 361 g/mol. The van der Waals surface area contributed by atoms with Crippen molar-refractivity contribution in [3.8, 4) is 5.75 Å². The van der Waals surface area contributed by atoms with E-state index < -0.39 is 17.7 Å². The van der Waals surface area contributed by atoms with Gasteiger partial charge in [-0.15, -0.1) is 0 Å². The van der Waals surface area contributed by atoms with E-state index in [4.69, 9.17) is 16.3 Å². The number of halogens is 2. The Labute approximate surface area is 155 Å². The number of carboxylic acids is 1. The van der Waals surface area contributed by atoms with Crippen LogP contribution in [0.3, 0.4) is 0 Å². The fourth-order valence-electron chi connectivity index (χ4n) is 2.52. The Bertz CT molecular complexity index is 797. The summed E-state index contributed by atoms with van der Waals surface area (Å²) in [5, 5.41) is 12.2. The molecule has 26 heavy (non-hydrogen) atoms. The van der Waals surface area contributed by atoms with Gasteiger partial charge in [0.2, 0.25) is 5.91 Å². The van der Waals surface area contributed by atoms with Crippen molar-refractivity contribution < 1.29 is 23.8 Å². The summed E-state index contributed by atoms with van der Waals surface area (Å²) >= 11 is 5.90. The van der Waals surface area contributed by atoms with Crippen LogP contribution in [0.1, 0.15) is 11.1 Å². The molecule has 0 spiro atoms.